The summed E-state index contributed by atoms with van der Waals surface area (Å²) in [5.41, 5.74) is 0.477. The van der Waals surface area contributed by atoms with Crippen LogP contribution in [-0.4, -0.2) is 11.1 Å². The van der Waals surface area contributed by atoms with E-state index in [4.69, 9.17) is 0 Å². The summed E-state index contributed by atoms with van der Waals surface area (Å²) >= 11 is 1.57. The summed E-state index contributed by atoms with van der Waals surface area (Å²) in [6, 6.07) is 2.00. The van der Waals surface area contributed by atoms with Crippen molar-refractivity contribution in [1.29, 1.82) is 0 Å². The molecule has 1 aromatic rings. The van der Waals surface area contributed by atoms with Crippen LogP contribution in [0.15, 0.2) is 11.4 Å². The van der Waals surface area contributed by atoms with E-state index in [1.807, 2.05) is 25.3 Å². The average molecular weight is 210 g/mol. The average Bonchev–Trinajstić information content (AvgIpc) is 2.88. The van der Waals surface area contributed by atoms with Gasteiger partial charge in [-0.15, -0.1) is 11.3 Å². The molecule has 1 heterocycles. The van der Waals surface area contributed by atoms with Crippen LogP contribution in [0.2, 0.25) is 0 Å². The summed E-state index contributed by atoms with van der Waals surface area (Å²) in [5.74, 6) is -0.331. The highest BCUT2D eigenvalue weighted by Gasteiger charge is 2.49. The van der Waals surface area contributed by atoms with E-state index in [0.29, 0.717) is 5.92 Å². The molecule has 3 heteroatoms. The quantitative estimate of drug-likeness (QED) is 0.833. The molecular formula is C11H14O2S. The number of hydrogen-bond acceptors (Lipinski definition) is 2. The van der Waals surface area contributed by atoms with Gasteiger partial charge in [-0.3, -0.25) is 4.79 Å². The van der Waals surface area contributed by atoms with Gasteiger partial charge in [-0.2, -0.15) is 0 Å². The number of carboxylic acids is 1. The summed E-state index contributed by atoms with van der Waals surface area (Å²) < 4.78 is 0. The van der Waals surface area contributed by atoms with Crippen molar-refractivity contribution in [2.24, 2.45) is 5.92 Å². The zero-order valence-electron chi connectivity index (χ0n) is 8.41. The largest absolute Gasteiger partial charge is 0.481 e. The molecule has 0 saturated heterocycles. The number of aryl methyl sites for hydroxylation is 1. The first kappa shape index (κ1) is 9.71. The molecule has 0 aromatic carbocycles. The first-order valence-corrected chi connectivity index (χ1v) is 5.72. The van der Waals surface area contributed by atoms with Crippen molar-refractivity contribution in [2.45, 2.75) is 32.1 Å². The molecule has 1 fully saturated rings. The van der Waals surface area contributed by atoms with Gasteiger partial charge in [0, 0.05) is 4.88 Å². The summed E-state index contributed by atoms with van der Waals surface area (Å²) in [4.78, 5) is 12.4. The summed E-state index contributed by atoms with van der Waals surface area (Å²) in [7, 11) is 0. The molecule has 14 heavy (non-hydrogen) atoms. The Morgan fingerprint density at radius 1 is 1.64 bits per heavy atom. The monoisotopic (exact) mass is 210 g/mol. The third-order valence-corrected chi connectivity index (χ3v) is 4.43. The second-order valence-electron chi connectivity index (χ2n) is 4.21. The maximum atomic E-state index is 11.4. The van der Waals surface area contributed by atoms with E-state index in [9.17, 15) is 9.90 Å². The lowest BCUT2D eigenvalue weighted by Crippen LogP contribution is -2.34. The first-order valence-electron chi connectivity index (χ1n) is 4.84. The standard InChI is InChI=1S/C11H14O2S/c1-7-5-6-14-9(7)11(2,10(12)13)8-3-4-8/h5-6,8H,3-4H2,1-2H3,(H,12,13). The van der Waals surface area contributed by atoms with Gasteiger partial charge in [0.15, 0.2) is 0 Å². The van der Waals surface area contributed by atoms with Crippen molar-refractivity contribution in [3.05, 3.63) is 21.9 Å². The van der Waals surface area contributed by atoms with E-state index in [-0.39, 0.29) is 0 Å². The van der Waals surface area contributed by atoms with Crippen LogP contribution < -0.4 is 0 Å². The fourth-order valence-electron chi connectivity index (χ4n) is 2.02. The fraction of sp³-hybridized carbons (Fsp3) is 0.545. The van der Waals surface area contributed by atoms with Crippen molar-refractivity contribution in [3.8, 4) is 0 Å². The van der Waals surface area contributed by atoms with E-state index in [1.54, 1.807) is 11.3 Å². The van der Waals surface area contributed by atoms with Gasteiger partial charge >= 0.3 is 5.97 Å². The minimum absolute atomic E-state index is 0.345. The predicted octanol–water partition coefficient (Wildman–Crippen LogP) is 2.81. The highest BCUT2D eigenvalue weighted by molar-refractivity contribution is 7.10. The highest BCUT2D eigenvalue weighted by Crippen LogP contribution is 2.49. The number of thiophene rings is 1. The fourth-order valence-corrected chi connectivity index (χ4v) is 3.18. The number of rotatable bonds is 3. The Labute approximate surface area is 87.6 Å². The van der Waals surface area contributed by atoms with E-state index in [2.05, 4.69) is 0 Å². The van der Waals surface area contributed by atoms with Crippen LogP contribution in [-0.2, 0) is 10.2 Å². The molecule has 0 radical (unpaired) electrons. The molecule has 2 rings (SSSR count). The molecule has 1 N–H and O–H groups in total. The Morgan fingerprint density at radius 2 is 2.29 bits per heavy atom. The third-order valence-electron chi connectivity index (χ3n) is 3.17. The maximum Gasteiger partial charge on any atom is 0.314 e. The molecule has 1 saturated carbocycles. The van der Waals surface area contributed by atoms with Gasteiger partial charge in [0.1, 0.15) is 5.41 Å². The molecule has 76 valence electrons. The van der Waals surface area contributed by atoms with Crippen molar-refractivity contribution < 1.29 is 9.90 Å². The second-order valence-corrected chi connectivity index (χ2v) is 5.13. The zero-order valence-corrected chi connectivity index (χ0v) is 9.23. The Balaban J connectivity index is 2.45. The molecule has 0 spiro atoms. The van der Waals surface area contributed by atoms with Crippen LogP contribution in [0.25, 0.3) is 0 Å². The maximum absolute atomic E-state index is 11.4. The Morgan fingerprint density at radius 3 is 2.64 bits per heavy atom. The molecule has 0 amide bonds. The minimum Gasteiger partial charge on any atom is -0.481 e. The summed E-state index contributed by atoms with van der Waals surface area (Å²) in [6.07, 6.45) is 2.11. The molecule has 0 aliphatic heterocycles. The lowest BCUT2D eigenvalue weighted by atomic mass is 9.82. The minimum atomic E-state index is -0.675. The van der Waals surface area contributed by atoms with Gasteiger partial charge in [0.2, 0.25) is 0 Å². The zero-order chi connectivity index (χ0) is 10.3. The number of hydrogen-bond donors (Lipinski definition) is 1. The van der Waals surface area contributed by atoms with Crippen LogP contribution in [0.5, 0.6) is 0 Å². The van der Waals surface area contributed by atoms with Gasteiger partial charge in [-0.25, -0.2) is 0 Å². The molecule has 1 aliphatic carbocycles. The number of carboxylic acid groups (broad SMARTS) is 1. The Kier molecular flexibility index (Phi) is 2.14. The smallest absolute Gasteiger partial charge is 0.314 e. The Bertz CT molecular complexity index is 365. The number of aliphatic carboxylic acids is 1. The molecule has 1 aromatic heterocycles. The van der Waals surface area contributed by atoms with E-state index in [1.165, 1.54) is 0 Å². The third kappa shape index (κ3) is 1.27. The summed E-state index contributed by atoms with van der Waals surface area (Å²) in [5, 5.41) is 11.3. The number of carbonyl (C=O) groups is 1. The molecule has 1 aliphatic rings. The normalized spacial score (nSPS) is 20.4. The van der Waals surface area contributed by atoms with Crippen LogP contribution in [0.1, 0.15) is 30.2 Å². The molecule has 1 unspecified atom stereocenters. The second kappa shape index (κ2) is 3.09. The van der Waals surface area contributed by atoms with Crippen molar-refractivity contribution in [3.63, 3.8) is 0 Å². The van der Waals surface area contributed by atoms with Gasteiger partial charge in [0.05, 0.1) is 0 Å². The molecular weight excluding hydrogens is 196 g/mol. The highest BCUT2D eigenvalue weighted by atomic mass is 32.1. The lowest BCUT2D eigenvalue weighted by molar-refractivity contribution is -0.144. The van der Waals surface area contributed by atoms with E-state index < -0.39 is 11.4 Å². The summed E-state index contributed by atoms with van der Waals surface area (Å²) in [6.45, 7) is 3.86. The predicted molar refractivity (Wildman–Crippen MR) is 56.8 cm³/mol. The van der Waals surface area contributed by atoms with Crippen LogP contribution in [0, 0.1) is 12.8 Å². The van der Waals surface area contributed by atoms with Gasteiger partial charge in [0.25, 0.3) is 0 Å². The van der Waals surface area contributed by atoms with E-state index >= 15 is 0 Å². The van der Waals surface area contributed by atoms with Crippen molar-refractivity contribution in [1.82, 2.24) is 0 Å². The van der Waals surface area contributed by atoms with E-state index in [0.717, 1.165) is 23.3 Å². The van der Waals surface area contributed by atoms with Crippen LogP contribution >= 0.6 is 11.3 Å². The molecule has 0 bridgehead atoms. The van der Waals surface area contributed by atoms with Crippen LogP contribution in [0.4, 0.5) is 0 Å². The van der Waals surface area contributed by atoms with Gasteiger partial charge in [-0.05, 0) is 49.6 Å². The van der Waals surface area contributed by atoms with Crippen molar-refractivity contribution >= 4 is 17.3 Å². The Hall–Kier alpha value is -0.830. The SMILES string of the molecule is Cc1ccsc1C(C)(C(=O)O)C1CC1. The molecule has 2 nitrogen and oxygen atoms in total. The topological polar surface area (TPSA) is 37.3 Å². The van der Waals surface area contributed by atoms with Crippen LogP contribution in [0.3, 0.4) is 0 Å². The van der Waals surface area contributed by atoms with Crippen molar-refractivity contribution in [2.75, 3.05) is 0 Å². The first-order chi connectivity index (χ1) is 6.56. The lowest BCUT2D eigenvalue weighted by Gasteiger charge is -2.24. The van der Waals surface area contributed by atoms with Gasteiger partial charge in [-0.1, -0.05) is 0 Å². The van der Waals surface area contributed by atoms with Gasteiger partial charge < -0.3 is 5.11 Å². The molecule has 1 atom stereocenters.